The second kappa shape index (κ2) is 5.16. The fourth-order valence-corrected chi connectivity index (χ4v) is 1.29. The van der Waals surface area contributed by atoms with Gasteiger partial charge in [-0.25, -0.2) is 0 Å². The summed E-state index contributed by atoms with van der Waals surface area (Å²) in [5.41, 5.74) is 0. The lowest BCUT2D eigenvalue weighted by atomic mass is 10.1. The van der Waals surface area contributed by atoms with E-state index in [4.69, 9.17) is 0 Å². The zero-order valence-corrected chi connectivity index (χ0v) is 8.05. The molecule has 0 aromatic rings. The zero-order chi connectivity index (χ0) is 8.85. The molecule has 0 aromatic carbocycles. The summed E-state index contributed by atoms with van der Waals surface area (Å²) < 4.78 is 0. The summed E-state index contributed by atoms with van der Waals surface area (Å²) in [5.74, 6) is 0.249. The van der Waals surface area contributed by atoms with Crippen LogP contribution in [-0.2, 0) is 4.79 Å². The summed E-state index contributed by atoms with van der Waals surface area (Å²) in [4.78, 5) is 13.1. The van der Waals surface area contributed by atoms with Crippen molar-refractivity contribution in [3.8, 4) is 0 Å². The van der Waals surface area contributed by atoms with E-state index in [2.05, 4.69) is 13.8 Å². The molecule has 0 aliphatic rings. The molecule has 0 spiro atoms. The maximum Gasteiger partial charge on any atom is 0.222 e. The summed E-state index contributed by atoms with van der Waals surface area (Å²) in [6.45, 7) is 6.14. The minimum atomic E-state index is 0.249. The van der Waals surface area contributed by atoms with Gasteiger partial charge in [-0.1, -0.05) is 20.8 Å². The van der Waals surface area contributed by atoms with E-state index in [0.29, 0.717) is 12.5 Å². The third kappa shape index (κ3) is 2.91. The van der Waals surface area contributed by atoms with Crippen LogP contribution in [0.4, 0.5) is 0 Å². The first-order valence-electron chi connectivity index (χ1n) is 4.42. The van der Waals surface area contributed by atoms with Crippen LogP contribution in [0.1, 0.15) is 40.0 Å². The summed E-state index contributed by atoms with van der Waals surface area (Å²) in [5, 5.41) is 0. The Bertz CT molecular complexity index is 119. The lowest BCUT2D eigenvalue weighted by Gasteiger charge is -2.25. The summed E-state index contributed by atoms with van der Waals surface area (Å²) in [6, 6.07) is 0.433. The van der Waals surface area contributed by atoms with Crippen LogP contribution in [0.3, 0.4) is 0 Å². The molecule has 1 amide bonds. The SMILES string of the molecule is CCC(=O)N(C)C(CC)CC. The van der Waals surface area contributed by atoms with E-state index in [-0.39, 0.29) is 5.91 Å². The number of amides is 1. The molecule has 2 nitrogen and oxygen atoms in total. The molecule has 0 heterocycles. The zero-order valence-electron chi connectivity index (χ0n) is 8.05. The van der Waals surface area contributed by atoms with E-state index in [0.717, 1.165) is 12.8 Å². The summed E-state index contributed by atoms with van der Waals surface area (Å²) >= 11 is 0. The van der Waals surface area contributed by atoms with Gasteiger partial charge in [0.1, 0.15) is 0 Å². The van der Waals surface area contributed by atoms with Crippen molar-refractivity contribution in [3.05, 3.63) is 0 Å². The molecule has 0 saturated heterocycles. The van der Waals surface area contributed by atoms with Gasteiger partial charge in [0.25, 0.3) is 0 Å². The largest absolute Gasteiger partial charge is 0.343 e. The Morgan fingerprint density at radius 1 is 1.27 bits per heavy atom. The van der Waals surface area contributed by atoms with E-state index in [1.165, 1.54) is 0 Å². The first-order chi connectivity index (χ1) is 5.17. The van der Waals surface area contributed by atoms with E-state index in [9.17, 15) is 4.79 Å². The smallest absolute Gasteiger partial charge is 0.222 e. The second-order valence-electron chi connectivity index (χ2n) is 2.83. The lowest BCUT2D eigenvalue weighted by Crippen LogP contribution is -2.35. The molecule has 0 rings (SSSR count). The fraction of sp³-hybridized carbons (Fsp3) is 0.889. The van der Waals surface area contributed by atoms with Gasteiger partial charge < -0.3 is 4.90 Å². The fourth-order valence-electron chi connectivity index (χ4n) is 1.29. The van der Waals surface area contributed by atoms with Crippen LogP contribution in [0.5, 0.6) is 0 Å². The molecule has 0 fully saturated rings. The number of nitrogens with zero attached hydrogens (tertiary/aromatic N) is 1. The van der Waals surface area contributed by atoms with Gasteiger partial charge in [0.15, 0.2) is 0 Å². The minimum Gasteiger partial charge on any atom is -0.343 e. The standard InChI is InChI=1S/C9H19NO/c1-5-8(6-2)10(4)9(11)7-3/h8H,5-7H2,1-4H3. The monoisotopic (exact) mass is 157 g/mol. The highest BCUT2D eigenvalue weighted by Gasteiger charge is 2.13. The molecule has 0 aromatic heterocycles. The first kappa shape index (κ1) is 10.5. The van der Waals surface area contributed by atoms with Crippen molar-refractivity contribution < 1.29 is 4.79 Å². The highest BCUT2D eigenvalue weighted by atomic mass is 16.2. The lowest BCUT2D eigenvalue weighted by molar-refractivity contribution is -0.131. The molecule has 66 valence electrons. The van der Waals surface area contributed by atoms with Gasteiger partial charge in [-0.15, -0.1) is 0 Å². The molecule has 2 heteroatoms. The number of carbonyl (C=O) groups is 1. The Kier molecular flexibility index (Phi) is 4.92. The van der Waals surface area contributed by atoms with Crippen molar-refractivity contribution in [2.24, 2.45) is 0 Å². The first-order valence-corrected chi connectivity index (χ1v) is 4.42. The van der Waals surface area contributed by atoms with Crippen molar-refractivity contribution in [1.29, 1.82) is 0 Å². The van der Waals surface area contributed by atoms with E-state index >= 15 is 0 Å². The molecule has 0 aliphatic heterocycles. The average Bonchev–Trinajstić information content (AvgIpc) is 2.05. The van der Waals surface area contributed by atoms with Crippen LogP contribution in [-0.4, -0.2) is 23.9 Å². The molecule has 0 unspecified atom stereocenters. The van der Waals surface area contributed by atoms with Crippen molar-refractivity contribution in [2.45, 2.75) is 46.1 Å². The third-order valence-electron chi connectivity index (χ3n) is 2.19. The quantitative estimate of drug-likeness (QED) is 0.611. The van der Waals surface area contributed by atoms with Crippen LogP contribution in [0.15, 0.2) is 0 Å². The molecule has 0 saturated carbocycles. The van der Waals surface area contributed by atoms with Gasteiger partial charge >= 0.3 is 0 Å². The topological polar surface area (TPSA) is 20.3 Å². The van der Waals surface area contributed by atoms with Crippen LogP contribution < -0.4 is 0 Å². The van der Waals surface area contributed by atoms with E-state index < -0.39 is 0 Å². The Morgan fingerprint density at radius 2 is 1.73 bits per heavy atom. The van der Waals surface area contributed by atoms with Crippen molar-refractivity contribution in [3.63, 3.8) is 0 Å². The average molecular weight is 157 g/mol. The Hall–Kier alpha value is -0.530. The van der Waals surface area contributed by atoms with Crippen LogP contribution >= 0.6 is 0 Å². The van der Waals surface area contributed by atoms with Crippen LogP contribution in [0.2, 0.25) is 0 Å². The normalized spacial score (nSPS) is 10.3. The van der Waals surface area contributed by atoms with E-state index in [1.807, 2.05) is 18.9 Å². The molecule has 0 radical (unpaired) electrons. The molecular formula is C9H19NO. The molecule has 0 N–H and O–H groups in total. The number of hydrogen-bond acceptors (Lipinski definition) is 1. The Balaban J connectivity index is 3.97. The van der Waals surface area contributed by atoms with Crippen molar-refractivity contribution in [1.82, 2.24) is 4.90 Å². The van der Waals surface area contributed by atoms with Crippen molar-refractivity contribution in [2.75, 3.05) is 7.05 Å². The van der Waals surface area contributed by atoms with Gasteiger partial charge in [0.2, 0.25) is 5.91 Å². The third-order valence-corrected chi connectivity index (χ3v) is 2.19. The second-order valence-corrected chi connectivity index (χ2v) is 2.83. The van der Waals surface area contributed by atoms with Gasteiger partial charge in [-0.05, 0) is 12.8 Å². The van der Waals surface area contributed by atoms with Crippen LogP contribution in [0.25, 0.3) is 0 Å². The van der Waals surface area contributed by atoms with Gasteiger partial charge in [-0.2, -0.15) is 0 Å². The van der Waals surface area contributed by atoms with Gasteiger partial charge in [-0.3, -0.25) is 4.79 Å². The maximum absolute atomic E-state index is 11.2. The molecular weight excluding hydrogens is 138 g/mol. The highest BCUT2D eigenvalue weighted by Crippen LogP contribution is 2.06. The maximum atomic E-state index is 11.2. The molecule has 0 aliphatic carbocycles. The van der Waals surface area contributed by atoms with Gasteiger partial charge in [0.05, 0.1) is 0 Å². The minimum absolute atomic E-state index is 0.249. The predicted octanol–water partition coefficient (Wildman–Crippen LogP) is 2.04. The molecule has 11 heavy (non-hydrogen) atoms. The number of rotatable bonds is 4. The highest BCUT2D eigenvalue weighted by molar-refractivity contribution is 5.75. The number of carbonyl (C=O) groups excluding carboxylic acids is 1. The Labute approximate surface area is 69.6 Å². The molecule has 0 bridgehead atoms. The number of hydrogen-bond donors (Lipinski definition) is 0. The summed E-state index contributed by atoms with van der Waals surface area (Å²) in [6.07, 6.45) is 2.73. The predicted molar refractivity (Wildman–Crippen MR) is 47.4 cm³/mol. The van der Waals surface area contributed by atoms with Gasteiger partial charge in [0, 0.05) is 19.5 Å². The van der Waals surface area contributed by atoms with Crippen molar-refractivity contribution >= 4 is 5.91 Å². The Morgan fingerprint density at radius 3 is 2.00 bits per heavy atom. The van der Waals surface area contributed by atoms with E-state index in [1.54, 1.807) is 0 Å². The molecule has 0 atom stereocenters. The summed E-state index contributed by atoms with van der Waals surface area (Å²) in [7, 11) is 1.89. The van der Waals surface area contributed by atoms with Crippen LogP contribution in [0, 0.1) is 0 Å².